The first kappa shape index (κ1) is 12.7. The minimum atomic E-state index is 0.749. The smallest absolute Gasteiger partial charge is 0.0932 e. The molecule has 0 fully saturated rings. The molecular weight excluding hydrogens is 222 g/mol. The van der Waals surface area contributed by atoms with Crippen molar-refractivity contribution in [2.45, 2.75) is 27.3 Å². The van der Waals surface area contributed by atoms with Crippen LogP contribution >= 0.6 is 0 Å². The zero-order valence-corrected chi connectivity index (χ0v) is 11.4. The van der Waals surface area contributed by atoms with E-state index in [1.807, 2.05) is 19.2 Å². The van der Waals surface area contributed by atoms with Gasteiger partial charge in [-0.25, -0.2) is 0 Å². The monoisotopic (exact) mass is 241 g/mol. The predicted molar refractivity (Wildman–Crippen MR) is 74.4 cm³/mol. The van der Waals surface area contributed by atoms with Gasteiger partial charge in [0, 0.05) is 12.1 Å². The molecule has 2 aromatic rings. The van der Waals surface area contributed by atoms with Crippen LogP contribution in [0.1, 0.15) is 22.4 Å². The standard InChI is InChI=1S/C15H19N3/c1-10-7-12(3)14(8-11(10)2)15-6-5-13(9-16-4)17-18-15/h5-8,16H,9H2,1-4H3. The summed E-state index contributed by atoms with van der Waals surface area (Å²) in [4.78, 5) is 0. The van der Waals surface area contributed by atoms with Crippen LogP contribution in [-0.4, -0.2) is 17.2 Å². The van der Waals surface area contributed by atoms with Gasteiger partial charge in [0.15, 0.2) is 0 Å². The zero-order chi connectivity index (χ0) is 13.1. The third-order valence-corrected chi connectivity index (χ3v) is 3.19. The van der Waals surface area contributed by atoms with E-state index in [0.717, 1.165) is 17.9 Å². The normalized spacial score (nSPS) is 10.7. The summed E-state index contributed by atoms with van der Waals surface area (Å²) < 4.78 is 0. The number of hydrogen-bond acceptors (Lipinski definition) is 3. The maximum Gasteiger partial charge on any atom is 0.0932 e. The number of nitrogens with zero attached hydrogens (tertiary/aromatic N) is 2. The molecule has 1 heterocycles. The molecule has 2 rings (SSSR count). The van der Waals surface area contributed by atoms with Gasteiger partial charge in [0.2, 0.25) is 0 Å². The van der Waals surface area contributed by atoms with Crippen LogP contribution in [0.25, 0.3) is 11.3 Å². The van der Waals surface area contributed by atoms with E-state index in [-0.39, 0.29) is 0 Å². The second-order valence-corrected chi connectivity index (χ2v) is 4.69. The fraction of sp³-hybridized carbons (Fsp3) is 0.333. The summed E-state index contributed by atoms with van der Waals surface area (Å²) in [6.45, 7) is 7.12. The largest absolute Gasteiger partial charge is 0.314 e. The molecule has 1 aromatic carbocycles. The first-order valence-corrected chi connectivity index (χ1v) is 6.17. The van der Waals surface area contributed by atoms with Gasteiger partial charge >= 0.3 is 0 Å². The van der Waals surface area contributed by atoms with Crippen LogP contribution in [0.15, 0.2) is 24.3 Å². The van der Waals surface area contributed by atoms with E-state index < -0.39 is 0 Å². The summed E-state index contributed by atoms with van der Waals surface area (Å²) >= 11 is 0. The van der Waals surface area contributed by atoms with Crippen molar-refractivity contribution >= 4 is 0 Å². The van der Waals surface area contributed by atoms with Gasteiger partial charge in [-0.3, -0.25) is 0 Å². The molecule has 0 aliphatic rings. The molecule has 0 aliphatic heterocycles. The quantitative estimate of drug-likeness (QED) is 0.898. The molecule has 0 bridgehead atoms. The highest BCUT2D eigenvalue weighted by molar-refractivity contribution is 5.64. The lowest BCUT2D eigenvalue weighted by atomic mass is 9.98. The van der Waals surface area contributed by atoms with Crippen molar-refractivity contribution in [1.29, 1.82) is 0 Å². The minimum Gasteiger partial charge on any atom is -0.314 e. The third-order valence-electron chi connectivity index (χ3n) is 3.19. The van der Waals surface area contributed by atoms with Crippen molar-refractivity contribution in [3.05, 3.63) is 46.6 Å². The summed E-state index contributed by atoms with van der Waals surface area (Å²) in [5.74, 6) is 0. The average molecular weight is 241 g/mol. The molecule has 0 atom stereocenters. The van der Waals surface area contributed by atoms with E-state index in [1.165, 1.54) is 22.3 Å². The maximum absolute atomic E-state index is 4.31. The van der Waals surface area contributed by atoms with Crippen molar-refractivity contribution < 1.29 is 0 Å². The summed E-state index contributed by atoms with van der Waals surface area (Å²) in [5, 5.41) is 11.6. The average Bonchev–Trinajstić information content (AvgIpc) is 2.35. The van der Waals surface area contributed by atoms with Crippen LogP contribution in [0.3, 0.4) is 0 Å². The summed E-state index contributed by atoms with van der Waals surface area (Å²) in [6, 6.07) is 8.45. The topological polar surface area (TPSA) is 37.8 Å². The lowest BCUT2D eigenvalue weighted by Gasteiger charge is -2.09. The van der Waals surface area contributed by atoms with Gasteiger partial charge in [0.1, 0.15) is 0 Å². The van der Waals surface area contributed by atoms with Crippen molar-refractivity contribution in [2.75, 3.05) is 7.05 Å². The van der Waals surface area contributed by atoms with Crippen LogP contribution in [0.2, 0.25) is 0 Å². The lowest BCUT2D eigenvalue weighted by Crippen LogP contribution is -2.07. The number of aryl methyl sites for hydroxylation is 3. The Hall–Kier alpha value is -1.74. The Labute approximate surface area is 108 Å². The van der Waals surface area contributed by atoms with Gasteiger partial charge in [-0.2, -0.15) is 10.2 Å². The van der Waals surface area contributed by atoms with E-state index >= 15 is 0 Å². The number of hydrogen-bond donors (Lipinski definition) is 1. The first-order valence-electron chi connectivity index (χ1n) is 6.17. The Morgan fingerprint density at radius 2 is 1.67 bits per heavy atom. The number of benzene rings is 1. The Morgan fingerprint density at radius 1 is 0.944 bits per heavy atom. The third kappa shape index (κ3) is 2.57. The van der Waals surface area contributed by atoms with Gasteiger partial charge < -0.3 is 5.32 Å². The molecule has 0 amide bonds. The SMILES string of the molecule is CNCc1ccc(-c2cc(C)c(C)cc2C)nn1. The molecule has 0 spiro atoms. The molecule has 0 radical (unpaired) electrons. The van der Waals surface area contributed by atoms with Crippen LogP contribution in [-0.2, 0) is 6.54 Å². The summed E-state index contributed by atoms with van der Waals surface area (Å²) in [5.41, 5.74) is 6.92. The Bertz CT molecular complexity index is 544. The van der Waals surface area contributed by atoms with Crippen molar-refractivity contribution in [3.8, 4) is 11.3 Å². The Balaban J connectivity index is 2.39. The highest BCUT2D eigenvalue weighted by Crippen LogP contribution is 2.24. The van der Waals surface area contributed by atoms with Crippen LogP contribution in [0.4, 0.5) is 0 Å². The number of rotatable bonds is 3. The van der Waals surface area contributed by atoms with Gasteiger partial charge in [0.25, 0.3) is 0 Å². The maximum atomic E-state index is 4.31. The minimum absolute atomic E-state index is 0.749. The summed E-state index contributed by atoms with van der Waals surface area (Å²) in [6.07, 6.45) is 0. The van der Waals surface area contributed by atoms with Crippen molar-refractivity contribution in [1.82, 2.24) is 15.5 Å². The molecule has 1 aromatic heterocycles. The second kappa shape index (κ2) is 5.27. The Kier molecular flexibility index (Phi) is 3.72. The lowest BCUT2D eigenvalue weighted by molar-refractivity contribution is 0.768. The van der Waals surface area contributed by atoms with Gasteiger partial charge in [-0.05, 0) is 62.7 Å². The predicted octanol–water partition coefficient (Wildman–Crippen LogP) is 2.79. The molecule has 1 N–H and O–H groups in total. The number of aromatic nitrogens is 2. The van der Waals surface area contributed by atoms with E-state index in [1.54, 1.807) is 0 Å². The van der Waals surface area contributed by atoms with Gasteiger partial charge in [0.05, 0.1) is 11.4 Å². The van der Waals surface area contributed by atoms with E-state index in [0.29, 0.717) is 0 Å². The fourth-order valence-corrected chi connectivity index (χ4v) is 2.02. The highest BCUT2D eigenvalue weighted by atomic mass is 15.1. The molecule has 0 unspecified atom stereocenters. The van der Waals surface area contributed by atoms with E-state index in [2.05, 4.69) is 48.4 Å². The van der Waals surface area contributed by atoms with Crippen LogP contribution in [0, 0.1) is 20.8 Å². The second-order valence-electron chi connectivity index (χ2n) is 4.69. The number of nitrogens with one attached hydrogen (secondary N) is 1. The van der Waals surface area contributed by atoms with E-state index in [4.69, 9.17) is 0 Å². The van der Waals surface area contributed by atoms with Gasteiger partial charge in [-0.15, -0.1) is 0 Å². The molecule has 18 heavy (non-hydrogen) atoms. The Morgan fingerprint density at radius 3 is 2.28 bits per heavy atom. The molecule has 0 aliphatic carbocycles. The van der Waals surface area contributed by atoms with Crippen molar-refractivity contribution in [2.24, 2.45) is 0 Å². The molecule has 0 saturated heterocycles. The molecular formula is C15H19N3. The van der Waals surface area contributed by atoms with Crippen molar-refractivity contribution in [3.63, 3.8) is 0 Å². The first-order chi connectivity index (χ1) is 8.61. The molecule has 3 nitrogen and oxygen atoms in total. The zero-order valence-electron chi connectivity index (χ0n) is 11.4. The van der Waals surface area contributed by atoms with Crippen LogP contribution < -0.4 is 5.32 Å². The van der Waals surface area contributed by atoms with Gasteiger partial charge in [-0.1, -0.05) is 6.07 Å². The molecule has 0 saturated carbocycles. The molecule has 3 heteroatoms. The van der Waals surface area contributed by atoms with E-state index in [9.17, 15) is 0 Å². The summed E-state index contributed by atoms with van der Waals surface area (Å²) in [7, 11) is 1.91. The highest BCUT2D eigenvalue weighted by Gasteiger charge is 2.06. The fourth-order valence-electron chi connectivity index (χ4n) is 2.02. The van der Waals surface area contributed by atoms with Crippen LogP contribution in [0.5, 0.6) is 0 Å². The molecule has 94 valence electrons.